The number of allylic oxidation sites excluding steroid dienone is 2. The molecule has 0 aromatic rings. The average molecular weight is 193 g/mol. The summed E-state index contributed by atoms with van der Waals surface area (Å²) in [5.41, 5.74) is 5.34. The number of rotatable bonds is 0. The molecule has 11 heavy (non-hydrogen) atoms. The predicted octanol–water partition coefficient (Wildman–Crippen LogP) is 1.48. The number of hydrogen-bond acceptors (Lipinski definition) is 3. The number of nitrogens with one attached hydrogen (secondary N) is 1. The maximum absolute atomic E-state index is 9.11. The molecule has 1 unspecified atom stereocenters. The van der Waals surface area contributed by atoms with Gasteiger partial charge in [0.25, 0.3) is 0 Å². The van der Waals surface area contributed by atoms with Crippen molar-refractivity contribution in [1.29, 1.82) is 5.41 Å². The largest absolute Gasteiger partial charge is 0.509 e. The molecule has 60 valence electrons. The first-order valence-electron chi connectivity index (χ1n) is 2.84. The zero-order valence-electron chi connectivity index (χ0n) is 5.44. The summed E-state index contributed by atoms with van der Waals surface area (Å²) in [6, 6.07) is -0.889. The molecule has 0 aliphatic heterocycles. The summed E-state index contributed by atoms with van der Waals surface area (Å²) in [6.45, 7) is 0. The van der Waals surface area contributed by atoms with Crippen molar-refractivity contribution in [3.63, 3.8) is 0 Å². The quantitative estimate of drug-likeness (QED) is 0.545. The van der Waals surface area contributed by atoms with Gasteiger partial charge in [-0.2, -0.15) is 0 Å². The van der Waals surface area contributed by atoms with Crippen molar-refractivity contribution in [2.75, 3.05) is 0 Å². The van der Waals surface area contributed by atoms with Crippen molar-refractivity contribution >= 4 is 28.9 Å². The minimum Gasteiger partial charge on any atom is -0.509 e. The third kappa shape index (κ3) is 1.40. The number of hydrogen-bond donors (Lipinski definition) is 3. The van der Waals surface area contributed by atoms with Crippen LogP contribution in [0.3, 0.4) is 0 Å². The summed E-state index contributed by atoms with van der Waals surface area (Å²) in [7, 11) is 0. The van der Waals surface area contributed by atoms with Crippen molar-refractivity contribution in [1.82, 2.24) is 0 Å². The number of aliphatic hydroxyl groups excluding tert-OH is 1. The normalized spacial score (nSPS) is 25.5. The first kappa shape index (κ1) is 8.59. The Morgan fingerprint density at radius 1 is 1.55 bits per heavy atom. The summed E-state index contributed by atoms with van der Waals surface area (Å²) in [6.07, 6.45) is 1.30. The molecular formula is C6H6Cl2N2O. The van der Waals surface area contributed by atoms with Crippen LogP contribution in [-0.2, 0) is 0 Å². The van der Waals surface area contributed by atoms with Crippen molar-refractivity contribution in [3.8, 4) is 0 Å². The molecule has 0 heterocycles. The lowest BCUT2D eigenvalue weighted by molar-refractivity contribution is 0.387. The summed E-state index contributed by atoms with van der Waals surface area (Å²) >= 11 is 11.1. The van der Waals surface area contributed by atoms with Gasteiger partial charge in [0, 0.05) is 0 Å². The van der Waals surface area contributed by atoms with Gasteiger partial charge in [-0.3, -0.25) is 0 Å². The topological polar surface area (TPSA) is 70.1 Å². The van der Waals surface area contributed by atoms with Gasteiger partial charge in [0.1, 0.15) is 11.8 Å². The van der Waals surface area contributed by atoms with E-state index in [4.69, 9.17) is 39.5 Å². The summed E-state index contributed by atoms with van der Waals surface area (Å²) in [4.78, 5) is 0. The molecule has 0 bridgehead atoms. The van der Waals surface area contributed by atoms with Crippen LogP contribution in [0.4, 0.5) is 0 Å². The molecule has 0 radical (unpaired) electrons. The molecule has 5 heteroatoms. The fourth-order valence-corrected chi connectivity index (χ4v) is 1.21. The Morgan fingerprint density at radius 3 is 2.64 bits per heavy atom. The van der Waals surface area contributed by atoms with E-state index in [2.05, 4.69) is 0 Å². The van der Waals surface area contributed by atoms with E-state index >= 15 is 0 Å². The van der Waals surface area contributed by atoms with E-state index in [1.54, 1.807) is 0 Å². The highest BCUT2D eigenvalue weighted by Gasteiger charge is 2.23. The second kappa shape index (κ2) is 2.85. The van der Waals surface area contributed by atoms with Gasteiger partial charge in [-0.1, -0.05) is 23.2 Å². The van der Waals surface area contributed by atoms with Gasteiger partial charge in [-0.25, -0.2) is 0 Å². The second-order valence-electron chi connectivity index (χ2n) is 2.12. The van der Waals surface area contributed by atoms with E-state index < -0.39 is 6.04 Å². The van der Waals surface area contributed by atoms with Gasteiger partial charge < -0.3 is 16.2 Å². The maximum Gasteiger partial charge on any atom is 0.134 e. The highest BCUT2D eigenvalue weighted by molar-refractivity contribution is 6.46. The molecule has 4 N–H and O–H groups in total. The van der Waals surface area contributed by atoms with Crippen LogP contribution in [0.15, 0.2) is 21.9 Å². The van der Waals surface area contributed by atoms with E-state index in [9.17, 15) is 0 Å². The van der Waals surface area contributed by atoms with Crippen molar-refractivity contribution in [3.05, 3.63) is 21.9 Å². The molecule has 0 aromatic heterocycles. The van der Waals surface area contributed by atoms with Gasteiger partial charge in [0.2, 0.25) is 0 Å². The summed E-state index contributed by atoms with van der Waals surface area (Å²) < 4.78 is 0. The van der Waals surface area contributed by atoms with E-state index in [1.165, 1.54) is 6.08 Å². The fraction of sp³-hybridized carbons (Fsp3) is 0.167. The Hall–Kier alpha value is -0.510. The van der Waals surface area contributed by atoms with Crippen LogP contribution in [0, 0.1) is 5.41 Å². The van der Waals surface area contributed by atoms with Crippen LogP contribution < -0.4 is 5.73 Å². The van der Waals surface area contributed by atoms with E-state index in [1.807, 2.05) is 0 Å². The highest BCUT2D eigenvalue weighted by Crippen LogP contribution is 2.23. The van der Waals surface area contributed by atoms with Crippen LogP contribution in [-0.4, -0.2) is 16.9 Å². The van der Waals surface area contributed by atoms with Crippen LogP contribution in [0.1, 0.15) is 0 Å². The number of nitrogens with two attached hydrogens (primary N) is 1. The first-order chi connectivity index (χ1) is 5.04. The van der Waals surface area contributed by atoms with Crippen molar-refractivity contribution in [2.45, 2.75) is 6.04 Å². The number of aliphatic hydroxyl groups is 1. The molecule has 1 atom stereocenters. The zero-order valence-corrected chi connectivity index (χ0v) is 6.95. The molecule has 0 aromatic carbocycles. The Morgan fingerprint density at radius 2 is 2.09 bits per heavy atom. The van der Waals surface area contributed by atoms with Crippen molar-refractivity contribution < 1.29 is 5.11 Å². The van der Waals surface area contributed by atoms with Gasteiger partial charge in [-0.15, -0.1) is 0 Å². The van der Waals surface area contributed by atoms with Crippen LogP contribution in [0.5, 0.6) is 0 Å². The lowest BCUT2D eigenvalue weighted by atomic mass is 10.1. The van der Waals surface area contributed by atoms with Gasteiger partial charge >= 0.3 is 0 Å². The molecule has 0 spiro atoms. The van der Waals surface area contributed by atoms with E-state index in [0.29, 0.717) is 0 Å². The minimum absolute atomic E-state index is 0.0198. The predicted molar refractivity (Wildman–Crippen MR) is 45.1 cm³/mol. The average Bonchev–Trinajstić information content (AvgIpc) is 1.97. The zero-order chi connectivity index (χ0) is 8.59. The molecule has 0 amide bonds. The summed E-state index contributed by atoms with van der Waals surface area (Å²) in [5.74, 6) is -0.207. The Bertz CT molecular complexity index is 270. The number of halogens is 2. The maximum atomic E-state index is 9.11. The highest BCUT2D eigenvalue weighted by atomic mass is 35.5. The Labute approximate surface area is 73.6 Å². The van der Waals surface area contributed by atoms with Crippen LogP contribution >= 0.6 is 23.2 Å². The second-order valence-corrected chi connectivity index (χ2v) is 2.93. The van der Waals surface area contributed by atoms with Gasteiger partial charge in [-0.05, 0) is 6.08 Å². The SMILES string of the molecule is N=C1C(Cl)=CC(Cl)=C(O)C1N. The monoisotopic (exact) mass is 192 g/mol. The lowest BCUT2D eigenvalue weighted by Gasteiger charge is -2.16. The van der Waals surface area contributed by atoms with Crippen LogP contribution in [0.25, 0.3) is 0 Å². The third-order valence-corrected chi connectivity index (χ3v) is 1.98. The third-order valence-electron chi connectivity index (χ3n) is 1.36. The van der Waals surface area contributed by atoms with E-state index in [0.717, 1.165) is 0 Å². The molecule has 1 aliphatic rings. The molecular weight excluding hydrogens is 187 g/mol. The lowest BCUT2D eigenvalue weighted by Crippen LogP contribution is -2.34. The van der Waals surface area contributed by atoms with Gasteiger partial charge in [0.05, 0.1) is 15.8 Å². The van der Waals surface area contributed by atoms with Gasteiger partial charge in [0.15, 0.2) is 0 Å². The molecule has 1 rings (SSSR count). The first-order valence-corrected chi connectivity index (χ1v) is 3.60. The standard InChI is InChI=1S/C6H6Cl2N2O/c7-2-1-3(8)6(11)5(10)4(2)9/h1,5,9,11H,10H2. The Kier molecular flexibility index (Phi) is 2.23. The Balaban J connectivity index is 3.11. The minimum atomic E-state index is -0.889. The summed E-state index contributed by atoms with van der Waals surface area (Å²) in [5, 5.41) is 16.6. The van der Waals surface area contributed by atoms with Crippen molar-refractivity contribution in [2.24, 2.45) is 5.73 Å². The van der Waals surface area contributed by atoms with E-state index in [-0.39, 0.29) is 21.5 Å². The molecule has 1 aliphatic carbocycles. The molecule has 3 nitrogen and oxygen atoms in total. The fourth-order valence-electron chi connectivity index (χ4n) is 0.697. The molecule has 0 saturated carbocycles. The van der Waals surface area contributed by atoms with Crippen LogP contribution in [0.2, 0.25) is 0 Å². The molecule has 0 fully saturated rings. The molecule has 0 saturated heterocycles. The smallest absolute Gasteiger partial charge is 0.134 e.